The average molecular weight is 592 g/mol. The molecule has 0 radical (unpaired) electrons. The molecule has 0 fully saturated rings. The minimum atomic E-state index is -4.63. The fraction of sp³-hybridized carbons (Fsp3) is 0.222. The maximum atomic E-state index is 13.2. The number of hydrazone groups is 1. The molecule has 13 heteroatoms. The number of nitrogens with one attached hydrogen (secondary N) is 1. The van der Waals surface area contributed by atoms with Crippen LogP contribution >= 0.6 is 11.6 Å². The molecular formula is C27H25ClF3N5O3S. The van der Waals surface area contributed by atoms with Crippen molar-refractivity contribution in [1.82, 2.24) is 9.73 Å². The van der Waals surface area contributed by atoms with Crippen molar-refractivity contribution in [1.29, 1.82) is 0 Å². The summed E-state index contributed by atoms with van der Waals surface area (Å²) >= 11 is 6.08. The van der Waals surface area contributed by atoms with Gasteiger partial charge >= 0.3 is 6.18 Å². The van der Waals surface area contributed by atoms with Crippen LogP contribution in [-0.2, 0) is 21.0 Å². The summed E-state index contributed by atoms with van der Waals surface area (Å²) in [7, 11) is -4.42. The van der Waals surface area contributed by atoms with Crippen molar-refractivity contribution in [2.75, 3.05) is 6.54 Å². The lowest BCUT2D eigenvalue weighted by atomic mass is 9.86. The smallest absolute Gasteiger partial charge is 0.368 e. The van der Waals surface area contributed by atoms with Gasteiger partial charge in [-0.25, -0.2) is 23.1 Å². The highest BCUT2D eigenvalue weighted by molar-refractivity contribution is 7.90. The zero-order chi connectivity index (χ0) is 29.1. The van der Waals surface area contributed by atoms with E-state index in [1.54, 1.807) is 24.3 Å². The topological polar surface area (TPSA) is 117 Å². The number of rotatable bonds is 6. The Balaban J connectivity index is 1.75. The summed E-state index contributed by atoms with van der Waals surface area (Å²) in [6, 6.07) is 18.5. The summed E-state index contributed by atoms with van der Waals surface area (Å²) in [6.07, 6.45) is -4.13. The fourth-order valence-corrected chi connectivity index (χ4v) is 5.21. The van der Waals surface area contributed by atoms with Crippen molar-refractivity contribution in [3.05, 3.63) is 101 Å². The first-order chi connectivity index (χ1) is 18.8. The van der Waals surface area contributed by atoms with E-state index in [9.17, 15) is 26.4 Å². The van der Waals surface area contributed by atoms with Gasteiger partial charge in [0.05, 0.1) is 16.2 Å². The Hall–Kier alpha value is -3.90. The van der Waals surface area contributed by atoms with Crippen LogP contribution in [0, 0.1) is 0 Å². The first-order valence-corrected chi connectivity index (χ1v) is 14.0. The third-order valence-electron chi connectivity index (χ3n) is 6.22. The van der Waals surface area contributed by atoms with E-state index in [-0.39, 0.29) is 18.4 Å². The van der Waals surface area contributed by atoms with Crippen LogP contribution in [0.3, 0.4) is 0 Å². The molecule has 3 aromatic rings. The number of hydrogen-bond acceptors (Lipinski definition) is 5. The van der Waals surface area contributed by atoms with E-state index in [1.165, 1.54) is 11.9 Å². The monoisotopic (exact) mass is 591 g/mol. The zero-order valence-corrected chi connectivity index (χ0v) is 22.7. The Kier molecular flexibility index (Phi) is 8.50. The van der Waals surface area contributed by atoms with Crippen molar-refractivity contribution < 1.29 is 26.4 Å². The summed E-state index contributed by atoms with van der Waals surface area (Å²) in [5.41, 5.74) is 6.71. The van der Waals surface area contributed by atoms with E-state index >= 15 is 0 Å². The fourth-order valence-electron chi connectivity index (χ4n) is 4.08. The number of benzene rings is 3. The van der Waals surface area contributed by atoms with E-state index in [4.69, 9.17) is 22.4 Å². The highest BCUT2D eigenvalue weighted by Gasteiger charge is 2.32. The molecule has 1 aliphatic heterocycles. The Morgan fingerprint density at radius 2 is 1.70 bits per heavy atom. The van der Waals surface area contributed by atoms with Gasteiger partial charge in [0.1, 0.15) is 6.04 Å². The summed E-state index contributed by atoms with van der Waals surface area (Å²) < 4.78 is 67.6. The SMILES string of the molecule is CC(N=C(NS(=O)(=O)c1ccc(C(F)(F)F)cc1)N1CCC(c2ccccc2)C(c2ccc(Cl)cc2)=N1)C(N)=O. The first-order valence-electron chi connectivity index (χ1n) is 12.1. The number of guanidine groups is 1. The number of nitrogens with two attached hydrogens (primary N) is 1. The average Bonchev–Trinajstić information content (AvgIpc) is 2.92. The van der Waals surface area contributed by atoms with Gasteiger partial charge in [-0.2, -0.15) is 18.3 Å². The van der Waals surface area contributed by atoms with Crippen molar-refractivity contribution in [3.8, 4) is 0 Å². The molecule has 210 valence electrons. The molecule has 3 aromatic carbocycles. The van der Waals surface area contributed by atoms with Gasteiger partial charge in [0.25, 0.3) is 10.0 Å². The molecule has 0 bridgehead atoms. The van der Waals surface area contributed by atoms with Crippen LogP contribution in [0.5, 0.6) is 0 Å². The van der Waals surface area contributed by atoms with Gasteiger partial charge in [0, 0.05) is 17.5 Å². The molecule has 1 heterocycles. The number of alkyl halides is 3. The van der Waals surface area contributed by atoms with Gasteiger partial charge in [0.2, 0.25) is 11.9 Å². The Morgan fingerprint density at radius 1 is 1.07 bits per heavy atom. The predicted octanol–water partition coefficient (Wildman–Crippen LogP) is 4.76. The number of nitrogens with zero attached hydrogens (tertiary/aromatic N) is 3. The second-order valence-electron chi connectivity index (χ2n) is 9.03. The van der Waals surface area contributed by atoms with Crippen LogP contribution in [0.15, 0.2) is 93.9 Å². The first kappa shape index (κ1) is 29.1. The largest absolute Gasteiger partial charge is 0.416 e. The molecule has 3 N–H and O–H groups in total. The van der Waals surface area contributed by atoms with E-state index in [0.717, 1.165) is 23.3 Å². The minimum absolute atomic E-state index is 0.153. The number of hydrogen-bond donors (Lipinski definition) is 2. The second-order valence-corrected chi connectivity index (χ2v) is 11.1. The Morgan fingerprint density at radius 3 is 2.27 bits per heavy atom. The van der Waals surface area contributed by atoms with Crippen LogP contribution in [0.25, 0.3) is 0 Å². The number of sulfonamides is 1. The highest BCUT2D eigenvalue weighted by atomic mass is 35.5. The van der Waals surface area contributed by atoms with Crippen molar-refractivity contribution in [3.63, 3.8) is 0 Å². The molecule has 0 aliphatic carbocycles. The Bertz CT molecular complexity index is 1530. The predicted molar refractivity (Wildman–Crippen MR) is 146 cm³/mol. The molecule has 2 unspecified atom stereocenters. The van der Waals surface area contributed by atoms with Gasteiger partial charge in [-0.1, -0.05) is 54.1 Å². The van der Waals surface area contributed by atoms with Gasteiger partial charge in [-0.15, -0.1) is 0 Å². The Labute approximate surface area is 234 Å². The van der Waals surface area contributed by atoms with Crippen LogP contribution in [0.1, 0.15) is 36.0 Å². The molecule has 1 amide bonds. The quantitative estimate of drug-likeness (QED) is 0.317. The standard InChI is InChI=1S/C27H25ClF3N5O3S/c1-17(25(32)37)33-26(35-40(38,39)22-13-9-20(10-14-22)27(29,30)31)36-16-15-23(18-5-3-2-4-6-18)24(34-36)19-7-11-21(28)12-8-19/h2-14,17,23H,15-16H2,1H3,(H2,32,37)(H,33,35). The van der Waals surface area contributed by atoms with Crippen molar-refractivity contribution in [2.24, 2.45) is 15.8 Å². The maximum Gasteiger partial charge on any atom is 0.416 e. The summed E-state index contributed by atoms with van der Waals surface area (Å²) in [6.45, 7) is 1.59. The van der Waals surface area contributed by atoms with Crippen LogP contribution in [-0.4, -0.2) is 43.6 Å². The number of halogens is 4. The molecular weight excluding hydrogens is 567 g/mol. The molecule has 8 nitrogen and oxygen atoms in total. The number of primary amides is 1. The lowest BCUT2D eigenvalue weighted by molar-refractivity contribution is -0.137. The van der Waals surface area contributed by atoms with Crippen molar-refractivity contribution in [2.45, 2.75) is 36.4 Å². The highest BCUT2D eigenvalue weighted by Crippen LogP contribution is 2.31. The van der Waals surface area contributed by atoms with Crippen LogP contribution in [0.2, 0.25) is 5.02 Å². The lowest BCUT2D eigenvalue weighted by Crippen LogP contribution is -2.46. The second kappa shape index (κ2) is 11.7. The third-order valence-corrected chi connectivity index (χ3v) is 7.82. The van der Waals surface area contributed by atoms with E-state index in [2.05, 4.69) is 9.71 Å². The van der Waals surface area contributed by atoms with Crippen LogP contribution in [0.4, 0.5) is 13.2 Å². The van der Waals surface area contributed by atoms with Gasteiger partial charge in [-0.05, 0) is 60.9 Å². The van der Waals surface area contributed by atoms with Gasteiger partial charge in [-0.3, -0.25) is 4.79 Å². The molecule has 0 saturated heterocycles. The summed E-state index contributed by atoms with van der Waals surface area (Å²) in [5, 5.41) is 6.56. The molecule has 40 heavy (non-hydrogen) atoms. The molecule has 0 saturated carbocycles. The minimum Gasteiger partial charge on any atom is -0.368 e. The number of carbonyl (C=O) groups excluding carboxylic acids is 1. The number of carbonyl (C=O) groups is 1. The van der Waals surface area contributed by atoms with E-state index < -0.39 is 38.6 Å². The van der Waals surface area contributed by atoms with Gasteiger partial charge < -0.3 is 5.73 Å². The number of amides is 1. The normalized spacial score (nSPS) is 17.2. The molecule has 2 atom stereocenters. The van der Waals surface area contributed by atoms with Crippen LogP contribution < -0.4 is 10.5 Å². The zero-order valence-electron chi connectivity index (χ0n) is 21.1. The van der Waals surface area contributed by atoms with E-state index in [0.29, 0.717) is 29.3 Å². The van der Waals surface area contributed by atoms with Gasteiger partial charge in [0.15, 0.2) is 0 Å². The third kappa shape index (κ3) is 6.80. The molecule has 1 aliphatic rings. The molecule has 4 rings (SSSR count). The lowest BCUT2D eigenvalue weighted by Gasteiger charge is -2.32. The van der Waals surface area contributed by atoms with E-state index in [1.807, 2.05) is 30.3 Å². The maximum absolute atomic E-state index is 13.2. The number of aliphatic imine (C=N–C) groups is 1. The summed E-state index contributed by atoms with van der Waals surface area (Å²) in [4.78, 5) is 15.6. The summed E-state index contributed by atoms with van der Waals surface area (Å²) in [5.74, 6) is -1.27. The molecule has 0 spiro atoms. The van der Waals surface area contributed by atoms with Crippen molar-refractivity contribution >= 4 is 39.2 Å². The molecule has 0 aromatic heterocycles.